The van der Waals surface area contributed by atoms with Crippen molar-refractivity contribution in [3.8, 4) is 5.75 Å². The molecule has 0 bridgehead atoms. The lowest BCUT2D eigenvalue weighted by Gasteiger charge is -2.39. The molecule has 1 aliphatic rings. The van der Waals surface area contributed by atoms with Crippen molar-refractivity contribution < 1.29 is 19.1 Å². The van der Waals surface area contributed by atoms with E-state index in [0.717, 1.165) is 25.7 Å². The van der Waals surface area contributed by atoms with Crippen molar-refractivity contribution >= 4 is 11.9 Å². The third kappa shape index (κ3) is 5.98. The van der Waals surface area contributed by atoms with Gasteiger partial charge in [0.1, 0.15) is 5.75 Å². The summed E-state index contributed by atoms with van der Waals surface area (Å²) in [5, 5.41) is 0. The molecule has 3 unspecified atom stereocenters. The second-order valence-electron chi connectivity index (χ2n) is 7.59. The van der Waals surface area contributed by atoms with Crippen molar-refractivity contribution in [1.29, 1.82) is 0 Å². The van der Waals surface area contributed by atoms with E-state index < -0.39 is 0 Å². The molecule has 0 radical (unpaired) electrons. The third-order valence-corrected chi connectivity index (χ3v) is 5.53. The number of methoxy groups -OCH3 is 1. The van der Waals surface area contributed by atoms with Crippen LogP contribution in [0.2, 0.25) is 0 Å². The van der Waals surface area contributed by atoms with Crippen LogP contribution in [-0.2, 0) is 20.7 Å². The van der Waals surface area contributed by atoms with Gasteiger partial charge in [0.2, 0.25) is 0 Å². The van der Waals surface area contributed by atoms with Crippen LogP contribution in [0.5, 0.6) is 5.75 Å². The average molecular weight is 376 g/mol. The molecule has 5 heteroatoms. The summed E-state index contributed by atoms with van der Waals surface area (Å²) in [6, 6.07) is 7.99. The van der Waals surface area contributed by atoms with E-state index in [9.17, 15) is 9.59 Å². The zero-order valence-electron chi connectivity index (χ0n) is 17.1. The van der Waals surface area contributed by atoms with E-state index in [4.69, 9.17) is 9.47 Å². The summed E-state index contributed by atoms with van der Waals surface area (Å²) in [7, 11) is 1.39. The molecule has 150 valence electrons. The minimum atomic E-state index is -0.350. The molecule has 3 atom stereocenters. The van der Waals surface area contributed by atoms with Crippen molar-refractivity contribution in [2.24, 2.45) is 11.8 Å². The number of amides is 1. The molecular formula is C22H33NO4. The van der Waals surface area contributed by atoms with Crippen LogP contribution in [0.1, 0.15) is 52.0 Å². The van der Waals surface area contributed by atoms with E-state index in [1.165, 1.54) is 19.1 Å². The van der Waals surface area contributed by atoms with Gasteiger partial charge in [0.25, 0.3) is 5.91 Å². The highest BCUT2D eigenvalue weighted by atomic mass is 16.5. The molecule has 0 saturated heterocycles. The Balaban J connectivity index is 2.08. The highest BCUT2D eigenvalue weighted by Gasteiger charge is 2.32. The van der Waals surface area contributed by atoms with Gasteiger partial charge in [-0.05, 0) is 42.9 Å². The van der Waals surface area contributed by atoms with Crippen molar-refractivity contribution in [2.75, 3.05) is 20.3 Å². The lowest BCUT2D eigenvalue weighted by molar-refractivity contribution is -0.148. The van der Waals surface area contributed by atoms with Crippen LogP contribution < -0.4 is 4.74 Å². The predicted octanol–water partition coefficient (Wildman–Crippen LogP) is 3.84. The van der Waals surface area contributed by atoms with Crippen LogP contribution in [0.3, 0.4) is 0 Å². The van der Waals surface area contributed by atoms with Crippen LogP contribution in [0.25, 0.3) is 0 Å². The summed E-state index contributed by atoms with van der Waals surface area (Å²) in [5.41, 5.74) is 1.18. The maximum Gasteiger partial charge on any atom is 0.310 e. The number of hydrogen-bond acceptors (Lipinski definition) is 4. The van der Waals surface area contributed by atoms with E-state index in [1.807, 2.05) is 36.1 Å². The second-order valence-corrected chi connectivity index (χ2v) is 7.59. The van der Waals surface area contributed by atoms with Gasteiger partial charge in [0, 0.05) is 12.6 Å². The summed E-state index contributed by atoms with van der Waals surface area (Å²) < 4.78 is 10.6. The van der Waals surface area contributed by atoms with Crippen LogP contribution in [0.4, 0.5) is 0 Å². The molecule has 1 aromatic rings. The van der Waals surface area contributed by atoms with Gasteiger partial charge in [-0.25, -0.2) is 0 Å². The fourth-order valence-electron chi connectivity index (χ4n) is 3.84. The first-order chi connectivity index (χ1) is 13.0. The fraction of sp³-hybridized carbons (Fsp3) is 0.636. The Morgan fingerprint density at radius 1 is 1.26 bits per heavy atom. The molecule has 0 spiro atoms. The minimum Gasteiger partial charge on any atom is -0.484 e. The Bertz CT molecular complexity index is 630. The number of carbonyl (C=O) groups excluding carboxylic acids is 2. The van der Waals surface area contributed by atoms with Crippen LogP contribution >= 0.6 is 0 Å². The normalized spacial score (nSPS) is 20.6. The van der Waals surface area contributed by atoms with Gasteiger partial charge < -0.3 is 14.4 Å². The molecule has 0 aliphatic heterocycles. The number of rotatable bonds is 8. The molecule has 0 N–H and O–H groups in total. The molecule has 1 saturated carbocycles. The zero-order valence-corrected chi connectivity index (χ0v) is 17.1. The molecule has 2 rings (SSSR count). The van der Waals surface area contributed by atoms with Gasteiger partial charge >= 0.3 is 5.97 Å². The van der Waals surface area contributed by atoms with Crippen LogP contribution in [0.15, 0.2) is 24.3 Å². The lowest BCUT2D eigenvalue weighted by atomic mass is 9.84. The van der Waals surface area contributed by atoms with E-state index in [0.29, 0.717) is 18.2 Å². The fourth-order valence-corrected chi connectivity index (χ4v) is 3.84. The van der Waals surface area contributed by atoms with Gasteiger partial charge in [-0.3, -0.25) is 9.59 Å². The molecule has 1 fully saturated rings. The zero-order chi connectivity index (χ0) is 19.8. The second kappa shape index (κ2) is 10.3. The first kappa shape index (κ1) is 21.3. The number of hydrogen-bond donors (Lipinski definition) is 0. The SMILES string of the molecule is CCc1cccc(OCC(=O)N(CC(C)C(=O)OC)C2CCCCC2C)c1. The number of ether oxygens (including phenoxy) is 2. The molecule has 5 nitrogen and oxygen atoms in total. The van der Waals surface area contributed by atoms with Crippen molar-refractivity contribution in [2.45, 2.75) is 58.9 Å². The topological polar surface area (TPSA) is 55.8 Å². The highest BCUT2D eigenvalue weighted by molar-refractivity contribution is 5.79. The largest absolute Gasteiger partial charge is 0.484 e. The maximum atomic E-state index is 13.0. The number of carbonyl (C=O) groups is 2. The monoisotopic (exact) mass is 375 g/mol. The Morgan fingerprint density at radius 3 is 2.67 bits per heavy atom. The Labute approximate surface area is 163 Å². The van der Waals surface area contributed by atoms with Crippen molar-refractivity contribution in [3.05, 3.63) is 29.8 Å². The lowest BCUT2D eigenvalue weighted by Crippen LogP contribution is -2.49. The Hall–Kier alpha value is -2.04. The summed E-state index contributed by atoms with van der Waals surface area (Å²) in [5.74, 6) is 0.437. The highest BCUT2D eigenvalue weighted by Crippen LogP contribution is 2.29. The van der Waals surface area contributed by atoms with Gasteiger partial charge in [0.05, 0.1) is 13.0 Å². The summed E-state index contributed by atoms with van der Waals surface area (Å²) in [6.07, 6.45) is 5.33. The van der Waals surface area contributed by atoms with Crippen molar-refractivity contribution in [1.82, 2.24) is 4.90 Å². The molecule has 0 heterocycles. The van der Waals surface area contributed by atoms with Gasteiger partial charge in [-0.1, -0.05) is 45.7 Å². The molecule has 1 aliphatic carbocycles. The summed E-state index contributed by atoms with van der Waals surface area (Å²) >= 11 is 0. The molecule has 0 aromatic heterocycles. The predicted molar refractivity (Wildman–Crippen MR) is 106 cm³/mol. The van der Waals surface area contributed by atoms with E-state index in [2.05, 4.69) is 13.8 Å². The van der Waals surface area contributed by atoms with E-state index >= 15 is 0 Å². The van der Waals surface area contributed by atoms with Crippen molar-refractivity contribution in [3.63, 3.8) is 0 Å². The minimum absolute atomic E-state index is 0.00964. The third-order valence-electron chi connectivity index (χ3n) is 5.53. The number of aryl methyl sites for hydroxylation is 1. The van der Waals surface area contributed by atoms with Gasteiger partial charge in [-0.2, -0.15) is 0 Å². The van der Waals surface area contributed by atoms with E-state index in [1.54, 1.807) is 0 Å². The van der Waals surface area contributed by atoms with E-state index in [-0.39, 0.29) is 30.4 Å². The molecular weight excluding hydrogens is 342 g/mol. The van der Waals surface area contributed by atoms with Crippen LogP contribution in [-0.4, -0.2) is 43.1 Å². The molecule has 1 amide bonds. The first-order valence-corrected chi connectivity index (χ1v) is 10.0. The Kier molecular flexibility index (Phi) is 8.14. The average Bonchev–Trinajstić information content (AvgIpc) is 2.70. The maximum absolute atomic E-state index is 13.0. The Morgan fingerprint density at radius 2 is 2.00 bits per heavy atom. The first-order valence-electron chi connectivity index (χ1n) is 10.0. The smallest absolute Gasteiger partial charge is 0.310 e. The summed E-state index contributed by atoms with van der Waals surface area (Å²) in [6.45, 7) is 6.46. The number of esters is 1. The number of nitrogens with zero attached hydrogens (tertiary/aromatic N) is 1. The van der Waals surface area contributed by atoms with Gasteiger partial charge in [-0.15, -0.1) is 0 Å². The number of benzene rings is 1. The standard InChI is InChI=1S/C22H33NO4/c1-5-18-10-8-11-19(13-18)27-15-21(24)23(14-17(3)22(25)26-4)20-12-7-6-9-16(20)2/h8,10-11,13,16-17,20H,5-7,9,12,14-15H2,1-4H3. The van der Waals surface area contributed by atoms with Crippen LogP contribution in [0, 0.1) is 11.8 Å². The molecule has 1 aromatic carbocycles. The quantitative estimate of drug-likeness (QED) is 0.648. The molecule has 27 heavy (non-hydrogen) atoms. The summed E-state index contributed by atoms with van der Waals surface area (Å²) in [4.78, 5) is 26.8. The van der Waals surface area contributed by atoms with Gasteiger partial charge in [0.15, 0.2) is 6.61 Å².